The van der Waals surface area contributed by atoms with Crippen LogP contribution in [0.15, 0.2) is 18.2 Å². The highest BCUT2D eigenvalue weighted by Gasteiger charge is 2.18. The molecule has 1 aromatic carbocycles. The van der Waals surface area contributed by atoms with Crippen molar-refractivity contribution >= 4 is 23.2 Å². The average Bonchev–Trinajstić information content (AvgIpc) is 2.43. The van der Waals surface area contributed by atoms with Crippen molar-refractivity contribution in [2.45, 2.75) is 19.4 Å². The second-order valence-corrected chi connectivity index (χ2v) is 4.83. The predicted octanol–water partition coefficient (Wildman–Crippen LogP) is 1.10. The maximum Gasteiger partial charge on any atom is 0.227 e. The number of rotatable bonds is 4. The first kappa shape index (κ1) is 15.4. The van der Waals surface area contributed by atoms with Gasteiger partial charge in [0, 0.05) is 25.7 Å². The van der Waals surface area contributed by atoms with Crippen molar-refractivity contribution in [1.29, 1.82) is 0 Å². The first-order chi connectivity index (χ1) is 10.0. The summed E-state index contributed by atoms with van der Waals surface area (Å²) in [7, 11) is 0. The number of amides is 2. The summed E-state index contributed by atoms with van der Waals surface area (Å²) in [5.74, 6) is -1.15. The Morgan fingerprint density at radius 3 is 2.90 bits per heavy atom. The third-order valence-corrected chi connectivity index (χ3v) is 2.98. The maximum atomic E-state index is 13.7. The number of nitrogens with one attached hydrogen (secondary N) is 3. The van der Waals surface area contributed by atoms with Crippen molar-refractivity contribution in [3.8, 4) is 0 Å². The summed E-state index contributed by atoms with van der Waals surface area (Å²) in [5.41, 5.74) is 0.463. The Kier molecular flexibility index (Phi) is 5.24. The van der Waals surface area contributed by atoms with E-state index in [2.05, 4.69) is 16.0 Å². The standard InChI is InChI=1S/C14H18FN3O3/c1-9(19)17-10-2-3-12(15)13(6-10)18-14(20)7-11-8-16-4-5-21-11/h2-3,6,11,16H,4-5,7-8H2,1H3,(H,17,19)(H,18,20). The Balaban J connectivity index is 1.97. The van der Waals surface area contributed by atoms with Crippen molar-refractivity contribution in [2.24, 2.45) is 0 Å². The molecule has 1 heterocycles. The van der Waals surface area contributed by atoms with Crippen molar-refractivity contribution < 1.29 is 18.7 Å². The molecular weight excluding hydrogens is 277 g/mol. The summed E-state index contributed by atoms with van der Waals surface area (Å²) in [5, 5.41) is 8.15. The molecule has 0 spiro atoms. The molecule has 0 radical (unpaired) electrons. The highest BCUT2D eigenvalue weighted by molar-refractivity contribution is 5.93. The van der Waals surface area contributed by atoms with Crippen LogP contribution in [0, 0.1) is 5.82 Å². The fourth-order valence-corrected chi connectivity index (χ4v) is 2.06. The number of halogens is 1. The molecule has 2 rings (SSSR count). The van der Waals surface area contributed by atoms with Gasteiger partial charge >= 0.3 is 0 Å². The molecule has 0 aliphatic carbocycles. The van der Waals surface area contributed by atoms with Gasteiger partial charge in [0.2, 0.25) is 11.8 Å². The molecule has 1 aromatic rings. The summed E-state index contributed by atoms with van der Waals surface area (Å²) < 4.78 is 19.1. The van der Waals surface area contributed by atoms with E-state index in [4.69, 9.17) is 4.74 Å². The quantitative estimate of drug-likeness (QED) is 0.777. The smallest absolute Gasteiger partial charge is 0.227 e. The molecule has 1 aliphatic rings. The van der Waals surface area contributed by atoms with Crippen molar-refractivity contribution in [3.63, 3.8) is 0 Å². The molecule has 0 saturated carbocycles. The fourth-order valence-electron chi connectivity index (χ4n) is 2.06. The van der Waals surface area contributed by atoms with Gasteiger partial charge in [0.05, 0.1) is 24.8 Å². The van der Waals surface area contributed by atoms with Crippen molar-refractivity contribution in [3.05, 3.63) is 24.0 Å². The molecule has 3 N–H and O–H groups in total. The summed E-state index contributed by atoms with van der Waals surface area (Å²) in [4.78, 5) is 22.9. The minimum Gasteiger partial charge on any atom is -0.375 e. The Morgan fingerprint density at radius 1 is 1.43 bits per heavy atom. The van der Waals surface area contributed by atoms with Crippen LogP contribution < -0.4 is 16.0 Å². The topological polar surface area (TPSA) is 79.5 Å². The molecule has 1 aliphatic heterocycles. The van der Waals surface area contributed by atoms with E-state index in [1.807, 2.05) is 0 Å². The fraction of sp³-hybridized carbons (Fsp3) is 0.429. The van der Waals surface area contributed by atoms with Gasteiger partial charge < -0.3 is 20.7 Å². The van der Waals surface area contributed by atoms with E-state index in [1.54, 1.807) is 0 Å². The largest absolute Gasteiger partial charge is 0.375 e. The molecule has 0 aromatic heterocycles. The minimum absolute atomic E-state index is 0.0371. The van der Waals surface area contributed by atoms with E-state index in [0.717, 1.165) is 6.54 Å². The molecule has 2 amide bonds. The van der Waals surface area contributed by atoms with Crippen LogP contribution in [0.3, 0.4) is 0 Å². The van der Waals surface area contributed by atoms with Gasteiger partial charge in [-0.15, -0.1) is 0 Å². The number of anilines is 2. The molecule has 1 atom stereocenters. The van der Waals surface area contributed by atoms with Gasteiger partial charge in [-0.3, -0.25) is 9.59 Å². The minimum atomic E-state index is -0.555. The highest BCUT2D eigenvalue weighted by Crippen LogP contribution is 2.20. The van der Waals surface area contributed by atoms with Gasteiger partial charge in [-0.1, -0.05) is 0 Å². The first-order valence-electron chi connectivity index (χ1n) is 6.74. The number of carbonyl (C=O) groups is 2. The Morgan fingerprint density at radius 2 is 2.24 bits per heavy atom. The zero-order chi connectivity index (χ0) is 15.2. The summed E-state index contributed by atoms with van der Waals surface area (Å²) in [6.07, 6.45) is -0.0584. The van der Waals surface area contributed by atoms with Crippen LogP contribution in [-0.2, 0) is 14.3 Å². The number of carbonyl (C=O) groups excluding carboxylic acids is 2. The van der Waals surface area contributed by atoms with Gasteiger partial charge in [0.25, 0.3) is 0 Å². The lowest BCUT2D eigenvalue weighted by molar-refractivity contribution is -0.119. The Labute approximate surface area is 122 Å². The molecule has 21 heavy (non-hydrogen) atoms. The average molecular weight is 295 g/mol. The third-order valence-electron chi connectivity index (χ3n) is 2.98. The molecule has 114 valence electrons. The lowest BCUT2D eigenvalue weighted by Gasteiger charge is -2.23. The van der Waals surface area contributed by atoms with Crippen LogP contribution in [-0.4, -0.2) is 37.6 Å². The van der Waals surface area contributed by atoms with Crippen molar-refractivity contribution in [2.75, 3.05) is 30.3 Å². The van der Waals surface area contributed by atoms with Crippen molar-refractivity contribution in [1.82, 2.24) is 5.32 Å². The molecule has 1 saturated heterocycles. The van der Waals surface area contributed by atoms with Crippen LogP contribution in [0.1, 0.15) is 13.3 Å². The molecule has 1 fully saturated rings. The number of benzene rings is 1. The SMILES string of the molecule is CC(=O)Nc1ccc(F)c(NC(=O)CC2CNCCO2)c1. The van der Waals surface area contributed by atoms with Gasteiger partial charge in [-0.2, -0.15) is 0 Å². The lowest BCUT2D eigenvalue weighted by Crippen LogP contribution is -2.40. The monoisotopic (exact) mass is 295 g/mol. The second-order valence-electron chi connectivity index (χ2n) is 4.83. The van der Waals surface area contributed by atoms with Crippen LogP contribution in [0.5, 0.6) is 0 Å². The van der Waals surface area contributed by atoms with E-state index in [-0.39, 0.29) is 30.0 Å². The van der Waals surface area contributed by atoms with E-state index in [1.165, 1.54) is 25.1 Å². The Hall–Kier alpha value is -1.99. The normalized spacial score (nSPS) is 18.1. The van der Waals surface area contributed by atoms with E-state index >= 15 is 0 Å². The molecule has 7 heteroatoms. The molecular formula is C14H18FN3O3. The van der Waals surface area contributed by atoms with Crippen LogP contribution in [0.4, 0.5) is 15.8 Å². The zero-order valence-corrected chi connectivity index (χ0v) is 11.7. The van der Waals surface area contributed by atoms with Crippen LogP contribution in [0.25, 0.3) is 0 Å². The van der Waals surface area contributed by atoms with E-state index < -0.39 is 5.82 Å². The van der Waals surface area contributed by atoms with Gasteiger partial charge in [-0.25, -0.2) is 4.39 Å². The molecule has 1 unspecified atom stereocenters. The predicted molar refractivity (Wildman–Crippen MR) is 76.6 cm³/mol. The second kappa shape index (κ2) is 7.14. The maximum absolute atomic E-state index is 13.7. The number of hydrogen-bond donors (Lipinski definition) is 3. The molecule has 6 nitrogen and oxygen atoms in total. The summed E-state index contributed by atoms with van der Waals surface area (Å²) in [6, 6.07) is 4.01. The first-order valence-corrected chi connectivity index (χ1v) is 6.74. The third kappa shape index (κ3) is 4.80. The van der Waals surface area contributed by atoms with Gasteiger partial charge in [0.1, 0.15) is 5.82 Å². The van der Waals surface area contributed by atoms with Gasteiger partial charge in [0.15, 0.2) is 0 Å². The van der Waals surface area contributed by atoms with E-state index in [9.17, 15) is 14.0 Å². The Bertz CT molecular complexity index is 530. The van der Waals surface area contributed by atoms with Crippen LogP contribution in [0.2, 0.25) is 0 Å². The van der Waals surface area contributed by atoms with E-state index in [0.29, 0.717) is 18.8 Å². The number of hydrogen-bond acceptors (Lipinski definition) is 4. The summed E-state index contributed by atoms with van der Waals surface area (Å²) >= 11 is 0. The molecule has 0 bridgehead atoms. The van der Waals surface area contributed by atoms with Crippen LogP contribution >= 0.6 is 0 Å². The lowest BCUT2D eigenvalue weighted by atomic mass is 10.2. The zero-order valence-electron chi connectivity index (χ0n) is 11.7. The number of morpholine rings is 1. The van der Waals surface area contributed by atoms with Gasteiger partial charge in [-0.05, 0) is 18.2 Å². The summed E-state index contributed by atoms with van der Waals surface area (Å²) in [6.45, 7) is 3.28. The number of ether oxygens (including phenoxy) is 1. The highest BCUT2D eigenvalue weighted by atomic mass is 19.1.